The predicted octanol–water partition coefficient (Wildman–Crippen LogP) is 1.56. The molecule has 0 fully saturated rings. The Morgan fingerprint density at radius 2 is 2.00 bits per heavy atom. The molecule has 5 heteroatoms. The molecule has 1 aromatic carbocycles. The van der Waals surface area contributed by atoms with E-state index in [1.807, 2.05) is 13.0 Å². The van der Waals surface area contributed by atoms with E-state index in [0.717, 1.165) is 23.5 Å². The molecule has 0 saturated heterocycles. The summed E-state index contributed by atoms with van der Waals surface area (Å²) < 4.78 is 10.5. The summed E-state index contributed by atoms with van der Waals surface area (Å²) in [5.41, 5.74) is 1.63. The maximum absolute atomic E-state index is 11.6. The van der Waals surface area contributed by atoms with Crippen molar-refractivity contribution in [2.75, 3.05) is 17.4 Å². The van der Waals surface area contributed by atoms with Gasteiger partial charge in [0.05, 0.1) is 11.4 Å². The fourth-order valence-electron chi connectivity index (χ4n) is 1.93. The molecule has 2 heterocycles. The van der Waals surface area contributed by atoms with Gasteiger partial charge in [-0.2, -0.15) is 0 Å². The van der Waals surface area contributed by atoms with E-state index in [9.17, 15) is 4.79 Å². The first-order chi connectivity index (χ1) is 7.78. The maximum atomic E-state index is 11.6. The summed E-state index contributed by atoms with van der Waals surface area (Å²) in [5.74, 6) is 1.39. The number of anilines is 2. The summed E-state index contributed by atoms with van der Waals surface area (Å²) in [6.07, 6.45) is 0.750. The Bertz CT molecular complexity index is 459. The lowest BCUT2D eigenvalue weighted by molar-refractivity contribution is -0.117. The van der Waals surface area contributed by atoms with Crippen molar-refractivity contribution in [2.45, 2.75) is 19.4 Å². The van der Waals surface area contributed by atoms with Crippen LogP contribution >= 0.6 is 0 Å². The van der Waals surface area contributed by atoms with Crippen LogP contribution in [0.15, 0.2) is 12.1 Å². The molecule has 3 rings (SSSR count). The van der Waals surface area contributed by atoms with Crippen LogP contribution < -0.4 is 20.1 Å². The lowest BCUT2D eigenvalue weighted by Crippen LogP contribution is -2.38. The van der Waals surface area contributed by atoms with Crippen molar-refractivity contribution in [3.8, 4) is 11.5 Å². The van der Waals surface area contributed by atoms with Gasteiger partial charge in [0.1, 0.15) is 6.04 Å². The van der Waals surface area contributed by atoms with Gasteiger partial charge in [-0.25, -0.2) is 0 Å². The van der Waals surface area contributed by atoms with Gasteiger partial charge in [0, 0.05) is 12.1 Å². The van der Waals surface area contributed by atoms with Crippen LogP contribution in [0.1, 0.15) is 13.3 Å². The predicted molar refractivity (Wildman–Crippen MR) is 58.9 cm³/mol. The van der Waals surface area contributed by atoms with Gasteiger partial charge in [0.2, 0.25) is 12.7 Å². The van der Waals surface area contributed by atoms with E-state index >= 15 is 0 Å². The van der Waals surface area contributed by atoms with E-state index in [2.05, 4.69) is 10.6 Å². The van der Waals surface area contributed by atoms with Crippen molar-refractivity contribution in [3.05, 3.63) is 12.1 Å². The molecule has 1 atom stereocenters. The molecular weight excluding hydrogens is 208 g/mol. The maximum Gasteiger partial charge on any atom is 0.246 e. The molecule has 0 bridgehead atoms. The molecule has 2 N–H and O–H groups in total. The quantitative estimate of drug-likeness (QED) is 0.754. The van der Waals surface area contributed by atoms with Crippen molar-refractivity contribution in [2.24, 2.45) is 0 Å². The Balaban J connectivity index is 2.01. The van der Waals surface area contributed by atoms with Crippen LogP contribution in [0.25, 0.3) is 0 Å². The molecule has 0 spiro atoms. The van der Waals surface area contributed by atoms with Gasteiger partial charge in [0.25, 0.3) is 0 Å². The van der Waals surface area contributed by atoms with Gasteiger partial charge in [-0.3, -0.25) is 4.79 Å². The highest BCUT2D eigenvalue weighted by molar-refractivity contribution is 6.03. The molecule has 16 heavy (non-hydrogen) atoms. The Labute approximate surface area is 92.7 Å². The van der Waals surface area contributed by atoms with Gasteiger partial charge < -0.3 is 20.1 Å². The van der Waals surface area contributed by atoms with Crippen molar-refractivity contribution in [1.29, 1.82) is 0 Å². The second kappa shape index (κ2) is 3.30. The number of carbonyl (C=O) groups excluding carboxylic acids is 1. The van der Waals surface area contributed by atoms with Crippen molar-refractivity contribution >= 4 is 17.3 Å². The Kier molecular flexibility index (Phi) is 1.92. The lowest BCUT2D eigenvalue weighted by Gasteiger charge is -2.26. The first-order valence-electron chi connectivity index (χ1n) is 5.29. The van der Waals surface area contributed by atoms with E-state index < -0.39 is 0 Å². The van der Waals surface area contributed by atoms with Gasteiger partial charge in [0.15, 0.2) is 11.5 Å². The molecule has 2 aliphatic rings. The van der Waals surface area contributed by atoms with Crippen LogP contribution in [0.3, 0.4) is 0 Å². The number of nitrogens with one attached hydrogen (secondary N) is 2. The number of carbonyl (C=O) groups is 1. The van der Waals surface area contributed by atoms with E-state index in [0.29, 0.717) is 5.75 Å². The summed E-state index contributed by atoms with van der Waals surface area (Å²) in [6.45, 7) is 2.21. The first kappa shape index (κ1) is 9.33. The fourth-order valence-corrected chi connectivity index (χ4v) is 1.93. The monoisotopic (exact) mass is 220 g/mol. The number of ether oxygens (including phenoxy) is 2. The topological polar surface area (TPSA) is 59.6 Å². The van der Waals surface area contributed by atoms with Crippen LogP contribution in [0.4, 0.5) is 11.4 Å². The SMILES string of the molecule is CCC1Nc2cc3c(cc2NC1=O)OCO3. The molecule has 0 aliphatic carbocycles. The first-order valence-corrected chi connectivity index (χ1v) is 5.29. The van der Waals surface area contributed by atoms with Gasteiger partial charge >= 0.3 is 0 Å². The molecule has 0 saturated carbocycles. The minimum Gasteiger partial charge on any atom is -0.454 e. The second-order valence-electron chi connectivity index (χ2n) is 3.85. The second-order valence-corrected chi connectivity index (χ2v) is 3.85. The fraction of sp³-hybridized carbons (Fsp3) is 0.364. The molecule has 84 valence electrons. The van der Waals surface area contributed by atoms with E-state index in [1.165, 1.54) is 0 Å². The number of hydrogen-bond donors (Lipinski definition) is 2. The highest BCUT2D eigenvalue weighted by Crippen LogP contribution is 2.41. The Morgan fingerprint density at radius 3 is 2.69 bits per heavy atom. The van der Waals surface area contributed by atoms with Crippen LogP contribution in [-0.2, 0) is 4.79 Å². The number of benzene rings is 1. The van der Waals surface area contributed by atoms with Gasteiger partial charge in [-0.15, -0.1) is 0 Å². The molecule has 1 amide bonds. The third kappa shape index (κ3) is 1.28. The van der Waals surface area contributed by atoms with Gasteiger partial charge in [-0.05, 0) is 6.42 Å². The highest BCUT2D eigenvalue weighted by atomic mass is 16.7. The highest BCUT2D eigenvalue weighted by Gasteiger charge is 2.26. The summed E-state index contributed by atoms with van der Waals surface area (Å²) in [7, 11) is 0. The number of hydrogen-bond acceptors (Lipinski definition) is 4. The van der Waals surface area contributed by atoms with Crippen LogP contribution in [0.5, 0.6) is 11.5 Å². The molecule has 5 nitrogen and oxygen atoms in total. The molecule has 0 radical (unpaired) electrons. The van der Waals surface area contributed by atoms with E-state index in [4.69, 9.17) is 9.47 Å². The summed E-state index contributed by atoms with van der Waals surface area (Å²) in [6, 6.07) is 3.47. The minimum atomic E-state index is -0.173. The molecule has 0 aromatic heterocycles. The normalized spacial score (nSPS) is 21.1. The average Bonchev–Trinajstić information content (AvgIpc) is 2.72. The molecular formula is C11H12N2O3. The minimum absolute atomic E-state index is 0.00568. The third-order valence-corrected chi connectivity index (χ3v) is 2.83. The summed E-state index contributed by atoms with van der Waals surface area (Å²) >= 11 is 0. The third-order valence-electron chi connectivity index (χ3n) is 2.83. The number of rotatable bonds is 1. The average molecular weight is 220 g/mol. The summed E-state index contributed by atoms with van der Waals surface area (Å²) in [5, 5.41) is 6.03. The largest absolute Gasteiger partial charge is 0.454 e. The van der Waals surface area contributed by atoms with Crippen LogP contribution in [-0.4, -0.2) is 18.7 Å². The number of fused-ring (bicyclic) bond motifs is 2. The molecule has 2 aliphatic heterocycles. The van der Waals surface area contributed by atoms with Gasteiger partial charge in [-0.1, -0.05) is 6.92 Å². The Hall–Kier alpha value is -1.91. The lowest BCUT2D eigenvalue weighted by atomic mass is 10.1. The number of amides is 1. The zero-order valence-electron chi connectivity index (χ0n) is 8.87. The van der Waals surface area contributed by atoms with Crippen molar-refractivity contribution in [1.82, 2.24) is 0 Å². The molecule has 1 aromatic rings. The Morgan fingerprint density at radius 1 is 1.31 bits per heavy atom. The van der Waals surface area contributed by atoms with Crippen LogP contribution in [0.2, 0.25) is 0 Å². The smallest absolute Gasteiger partial charge is 0.246 e. The van der Waals surface area contributed by atoms with E-state index in [-0.39, 0.29) is 18.7 Å². The standard InChI is InChI=1S/C11H12N2O3/c1-2-6-11(14)13-8-4-10-9(15-5-16-10)3-7(8)12-6/h3-4,6,12H,2,5H2,1H3,(H,13,14). The molecule has 1 unspecified atom stereocenters. The van der Waals surface area contributed by atoms with Crippen molar-refractivity contribution in [3.63, 3.8) is 0 Å². The summed E-state index contributed by atoms with van der Waals surface area (Å²) in [4.78, 5) is 11.6. The van der Waals surface area contributed by atoms with Crippen molar-refractivity contribution < 1.29 is 14.3 Å². The van der Waals surface area contributed by atoms with Crippen LogP contribution in [0, 0.1) is 0 Å². The zero-order valence-corrected chi connectivity index (χ0v) is 8.87. The van der Waals surface area contributed by atoms with E-state index in [1.54, 1.807) is 6.07 Å². The zero-order chi connectivity index (χ0) is 11.1.